The number of amides is 1. The second-order valence-corrected chi connectivity index (χ2v) is 4.32. The molecule has 1 aromatic heterocycles. The van der Waals surface area contributed by atoms with E-state index in [1.54, 1.807) is 6.08 Å². The molecular weight excluding hydrogens is 226 g/mol. The molecule has 0 bridgehead atoms. The van der Waals surface area contributed by atoms with Gasteiger partial charge < -0.3 is 10.4 Å². The lowest BCUT2D eigenvalue weighted by Gasteiger charge is -2.05. The van der Waals surface area contributed by atoms with E-state index in [0.717, 1.165) is 10.4 Å². The van der Waals surface area contributed by atoms with Crippen molar-refractivity contribution in [3.63, 3.8) is 0 Å². The Kier molecular flexibility index (Phi) is 4.25. The molecule has 4 nitrogen and oxygen atoms in total. The first-order chi connectivity index (χ1) is 7.50. The van der Waals surface area contributed by atoms with Crippen molar-refractivity contribution in [3.8, 4) is 0 Å². The van der Waals surface area contributed by atoms with Crippen LogP contribution in [0.25, 0.3) is 6.08 Å². The zero-order valence-electron chi connectivity index (χ0n) is 9.06. The van der Waals surface area contributed by atoms with E-state index in [1.807, 2.05) is 18.4 Å². The molecule has 1 aromatic rings. The molecule has 5 heteroatoms. The van der Waals surface area contributed by atoms with Gasteiger partial charge in [-0.05, 0) is 36.9 Å². The Bertz CT molecular complexity index is 423. The molecule has 0 saturated heterocycles. The minimum Gasteiger partial charge on any atom is -0.480 e. The van der Waals surface area contributed by atoms with Crippen LogP contribution in [0.3, 0.4) is 0 Å². The highest BCUT2D eigenvalue weighted by Gasteiger charge is 2.11. The third-order valence-electron chi connectivity index (χ3n) is 2.02. The van der Waals surface area contributed by atoms with E-state index < -0.39 is 17.9 Å². The van der Waals surface area contributed by atoms with E-state index >= 15 is 0 Å². The number of hydrogen-bond donors (Lipinski definition) is 2. The van der Waals surface area contributed by atoms with Gasteiger partial charge in [-0.3, -0.25) is 9.59 Å². The van der Waals surface area contributed by atoms with Crippen LogP contribution in [0.2, 0.25) is 0 Å². The summed E-state index contributed by atoms with van der Waals surface area (Å²) in [4.78, 5) is 22.8. The van der Waals surface area contributed by atoms with E-state index in [0.29, 0.717) is 0 Å². The highest BCUT2D eigenvalue weighted by molar-refractivity contribution is 7.11. The minimum absolute atomic E-state index is 0.400. The standard InChI is InChI=1S/C11H13NO3S/c1-7-5-6-16-9(7)3-4-10(13)12-8(2)11(14)15/h3-6,8H,1-2H3,(H,12,13)(H,14,15)/t8-/m1/s1. The van der Waals surface area contributed by atoms with Gasteiger partial charge in [0.15, 0.2) is 0 Å². The van der Waals surface area contributed by atoms with Gasteiger partial charge in [-0.25, -0.2) is 0 Å². The van der Waals surface area contributed by atoms with Crippen LogP contribution in [0, 0.1) is 6.92 Å². The summed E-state index contributed by atoms with van der Waals surface area (Å²) in [6, 6.07) is 1.09. The number of carboxylic acids is 1. The summed E-state index contributed by atoms with van der Waals surface area (Å²) >= 11 is 1.53. The Hall–Kier alpha value is -1.62. The summed E-state index contributed by atoms with van der Waals surface area (Å²) in [7, 11) is 0. The molecule has 2 N–H and O–H groups in total. The zero-order chi connectivity index (χ0) is 12.1. The van der Waals surface area contributed by atoms with Crippen LogP contribution in [-0.4, -0.2) is 23.0 Å². The largest absolute Gasteiger partial charge is 0.480 e. The Morgan fingerprint density at radius 1 is 1.56 bits per heavy atom. The monoisotopic (exact) mass is 239 g/mol. The maximum atomic E-state index is 11.3. The van der Waals surface area contributed by atoms with Crippen molar-refractivity contribution in [3.05, 3.63) is 28.0 Å². The lowest BCUT2D eigenvalue weighted by molar-refractivity contribution is -0.140. The normalized spacial score (nSPS) is 12.6. The number of aryl methyl sites for hydroxylation is 1. The van der Waals surface area contributed by atoms with Crippen molar-refractivity contribution in [2.45, 2.75) is 19.9 Å². The SMILES string of the molecule is Cc1ccsc1C=CC(=O)N[C@H](C)C(=O)O. The number of nitrogens with one attached hydrogen (secondary N) is 1. The van der Waals surface area contributed by atoms with Gasteiger partial charge in [-0.15, -0.1) is 11.3 Å². The van der Waals surface area contributed by atoms with Crippen LogP contribution in [-0.2, 0) is 9.59 Å². The predicted octanol–water partition coefficient (Wildman–Crippen LogP) is 1.66. The van der Waals surface area contributed by atoms with Crippen molar-refractivity contribution >= 4 is 29.3 Å². The average molecular weight is 239 g/mol. The van der Waals surface area contributed by atoms with E-state index in [9.17, 15) is 9.59 Å². The van der Waals surface area contributed by atoms with E-state index in [2.05, 4.69) is 5.32 Å². The van der Waals surface area contributed by atoms with Gasteiger partial charge in [-0.2, -0.15) is 0 Å². The Morgan fingerprint density at radius 2 is 2.25 bits per heavy atom. The van der Waals surface area contributed by atoms with Crippen LogP contribution >= 0.6 is 11.3 Å². The lowest BCUT2D eigenvalue weighted by atomic mass is 10.2. The maximum Gasteiger partial charge on any atom is 0.325 e. The quantitative estimate of drug-likeness (QED) is 0.785. The fraction of sp³-hybridized carbons (Fsp3) is 0.273. The van der Waals surface area contributed by atoms with Crippen LogP contribution in [0.4, 0.5) is 0 Å². The first-order valence-corrected chi connectivity index (χ1v) is 5.64. The van der Waals surface area contributed by atoms with Crippen molar-refractivity contribution in [2.24, 2.45) is 0 Å². The molecule has 1 heterocycles. The molecule has 16 heavy (non-hydrogen) atoms. The number of carboxylic acid groups (broad SMARTS) is 1. The molecule has 0 aliphatic carbocycles. The first-order valence-electron chi connectivity index (χ1n) is 4.76. The number of aliphatic carboxylic acids is 1. The smallest absolute Gasteiger partial charge is 0.325 e. The maximum absolute atomic E-state index is 11.3. The second kappa shape index (κ2) is 5.46. The van der Waals surface area contributed by atoms with Gasteiger partial charge in [-0.1, -0.05) is 0 Å². The summed E-state index contributed by atoms with van der Waals surface area (Å²) in [5.74, 6) is -1.45. The highest BCUT2D eigenvalue weighted by atomic mass is 32.1. The molecular formula is C11H13NO3S. The number of carbonyl (C=O) groups excluding carboxylic acids is 1. The van der Waals surface area contributed by atoms with Crippen molar-refractivity contribution in [2.75, 3.05) is 0 Å². The van der Waals surface area contributed by atoms with Gasteiger partial charge in [0.1, 0.15) is 6.04 Å². The average Bonchev–Trinajstić information content (AvgIpc) is 2.61. The summed E-state index contributed by atoms with van der Waals surface area (Å²) in [5.41, 5.74) is 1.10. The molecule has 1 atom stereocenters. The third kappa shape index (κ3) is 3.51. The molecule has 0 spiro atoms. The zero-order valence-corrected chi connectivity index (χ0v) is 9.88. The molecule has 86 valence electrons. The second-order valence-electron chi connectivity index (χ2n) is 3.37. The molecule has 0 aromatic carbocycles. The van der Waals surface area contributed by atoms with Crippen molar-refractivity contribution in [1.29, 1.82) is 0 Å². The van der Waals surface area contributed by atoms with E-state index in [4.69, 9.17) is 5.11 Å². The molecule has 0 fully saturated rings. The van der Waals surface area contributed by atoms with Crippen LogP contribution in [0.1, 0.15) is 17.4 Å². The fourth-order valence-electron chi connectivity index (χ4n) is 1.03. The summed E-state index contributed by atoms with van der Waals surface area (Å²) in [6.07, 6.45) is 3.03. The Morgan fingerprint density at radius 3 is 2.75 bits per heavy atom. The van der Waals surface area contributed by atoms with Gasteiger partial charge in [0, 0.05) is 11.0 Å². The molecule has 0 unspecified atom stereocenters. The third-order valence-corrected chi connectivity index (χ3v) is 3.00. The molecule has 1 rings (SSSR count). The molecule has 1 amide bonds. The predicted molar refractivity (Wildman–Crippen MR) is 63.3 cm³/mol. The molecule has 0 aliphatic rings. The van der Waals surface area contributed by atoms with Crippen molar-refractivity contribution < 1.29 is 14.7 Å². The van der Waals surface area contributed by atoms with Gasteiger partial charge in [0.2, 0.25) is 5.91 Å². The number of rotatable bonds is 4. The van der Waals surface area contributed by atoms with Crippen LogP contribution in [0.15, 0.2) is 17.5 Å². The Labute approximate surface area is 97.6 Å². The van der Waals surface area contributed by atoms with Crippen molar-refractivity contribution in [1.82, 2.24) is 5.32 Å². The number of thiophene rings is 1. The summed E-state index contributed by atoms with van der Waals surface area (Å²) in [6.45, 7) is 3.37. The van der Waals surface area contributed by atoms with Gasteiger partial charge >= 0.3 is 5.97 Å². The number of carbonyl (C=O) groups is 2. The molecule has 0 radical (unpaired) electrons. The summed E-state index contributed by atoms with van der Waals surface area (Å²) in [5, 5.41) is 12.9. The molecule has 0 saturated carbocycles. The summed E-state index contributed by atoms with van der Waals surface area (Å²) < 4.78 is 0. The van der Waals surface area contributed by atoms with Crippen LogP contribution in [0.5, 0.6) is 0 Å². The van der Waals surface area contributed by atoms with E-state index in [-0.39, 0.29) is 0 Å². The van der Waals surface area contributed by atoms with Crippen LogP contribution < -0.4 is 5.32 Å². The number of hydrogen-bond acceptors (Lipinski definition) is 3. The first kappa shape index (κ1) is 12.4. The van der Waals surface area contributed by atoms with Gasteiger partial charge in [0.25, 0.3) is 0 Å². The fourth-order valence-corrected chi connectivity index (χ4v) is 1.85. The lowest BCUT2D eigenvalue weighted by Crippen LogP contribution is -2.37. The van der Waals surface area contributed by atoms with E-state index in [1.165, 1.54) is 24.3 Å². The highest BCUT2D eigenvalue weighted by Crippen LogP contribution is 2.16. The molecule has 0 aliphatic heterocycles. The Balaban J connectivity index is 2.55. The van der Waals surface area contributed by atoms with Gasteiger partial charge in [0.05, 0.1) is 0 Å². The topological polar surface area (TPSA) is 66.4 Å². The minimum atomic E-state index is -1.05.